The second-order valence-corrected chi connectivity index (χ2v) is 6.56. The number of hydrogen-bond donors (Lipinski definition) is 1. The van der Waals surface area contributed by atoms with Gasteiger partial charge in [-0.2, -0.15) is 0 Å². The van der Waals surface area contributed by atoms with E-state index in [9.17, 15) is 14.4 Å². The van der Waals surface area contributed by atoms with Crippen LogP contribution in [0.2, 0.25) is 0 Å². The van der Waals surface area contributed by atoms with Crippen molar-refractivity contribution in [1.82, 2.24) is 0 Å². The van der Waals surface area contributed by atoms with Crippen LogP contribution in [0.1, 0.15) is 54.3 Å². The molecule has 0 spiro atoms. The molecular formula is C23H27NO6. The molecule has 2 aromatic rings. The zero-order valence-electron chi connectivity index (χ0n) is 17.5. The van der Waals surface area contributed by atoms with Crippen LogP contribution in [0, 0.1) is 0 Å². The normalized spacial score (nSPS) is 10.2. The van der Waals surface area contributed by atoms with Crippen LogP contribution in [-0.2, 0) is 9.53 Å². The van der Waals surface area contributed by atoms with Gasteiger partial charge in [-0.05, 0) is 50.6 Å². The van der Waals surface area contributed by atoms with Gasteiger partial charge in [0, 0.05) is 11.3 Å². The number of amides is 1. The van der Waals surface area contributed by atoms with Gasteiger partial charge in [0.15, 0.2) is 23.9 Å². The molecule has 0 aliphatic carbocycles. The molecule has 0 aliphatic heterocycles. The van der Waals surface area contributed by atoms with Crippen LogP contribution in [0.25, 0.3) is 0 Å². The van der Waals surface area contributed by atoms with E-state index in [2.05, 4.69) is 12.2 Å². The minimum atomic E-state index is -0.649. The van der Waals surface area contributed by atoms with Crippen molar-refractivity contribution in [1.29, 1.82) is 0 Å². The SMILES string of the molecule is CCCCOc1ccc(C(=O)OCC(=O)Nc2cccc(C(C)=O)c2)cc1OCC. The summed E-state index contributed by atoms with van der Waals surface area (Å²) in [6, 6.07) is 11.3. The quantitative estimate of drug-likeness (QED) is 0.336. The first-order valence-electron chi connectivity index (χ1n) is 9.92. The van der Waals surface area contributed by atoms with E-state index in [-0.39, 0.29) is 11.3 Å². The molecule has 0 unspecified atom stereocenters. The van der Waals surface area contributed by atoms with E-state index in [4.69, 9.17) is 14.2 Å². The van der Waals surface area contributed by atoms with Gasteiger partial charge in [-0.15, -0.1) is 0 Å². The molecule has 1 amide bonds. The van der Waals surface area contributed by atoms with E-state index in [0.29, 0.717) is 36.0 Å². The Morgan fingerprint density at radius 2 is 1.73 bits per heavy atom. The summed E-state index contributed by atoms with van der Waals surface area (Å²) in [4.78, 5) is 35.8. The highest BCUT2D eigenvalue weighted by atomic mass is 16.5. The number of unbranched alkanes of at least 4 members (excludes halogenated alkanes) is 1. The number of Topliss-reactive ketones (excluding diaryl/α,β-unsaturated/α-hetero) is 1. The maximum absolute atomic E-state index is 12.3. The summed E-state index contributed by atoms with van der Waals surface area (Å²) >= 11 is 0. The molecule has 7 heteroatoms. The third-order valence-corrected chi connectivity index (χ3v) is 4.12. The summed E-state index contributed by atoms with van der Waals surface area (Å²) < 4.78 is 16.3. The van der Waals surface area contributed by atoms with Gasteiger partial charge >= 0.3 is 5.97 Å². The average Bonchev–Trinajstić information content (AvgIpc) is 2.73. The molecule has 0 saturated heterocycles. The van der Waals surface area contributed by atoms with Crippen LogP contribution in [0.4, 0.5) is 5.69 Å². The van der Waals surface area contributed by atoms with Crippen molar-refractivity contribution in [3.63, 3.8) is 0 Å². The number of nitrogens with one attached hydrogen (secondary N) is 1. The van der Waals surface area contributed by atoms with Gasteiger partial charge in [0.25, 0.3) is 5.91 Å². The zero-order valence-corrected chi connectivity index (χ0v) is 17.5. The fraction of sp³-hybridized carbons (Fsp3) is 0.348. The molecule has 160 valence electrons. The number of carbonyl (C=O) groups excluding carboxylic acids is 3. The van der Waals surface area contributed by atoms with Crippen molar-refractivity contribution in [2.45, 2.75) is 33.6 Å². The predicted molar refractivity (Wildman–Crippen MR) is 113 cm³/mol. The van der Waals surface area contributed by atoms with E-state index in [0.717, 1.165) is 12.8 Å². The molecule has 0 fully saturated rings. The van der Waals surface area contributed by atoms with E-state index < -0.39 is 18.5 Å². The lowest BCUT2D eigenvalue weighted by atomic mass is 10.1. The van der Waals surface area contributed by atoms with E-state index in [1.165, 1.54) is 6.92 Å². The Morgan fingerprint density at radius 3 is 2.43 bits per heavy atom. The van der Waals surface area contributed by atoms with Gasteiger partial charge in [0.2, 0.25) is 0 Å². The second kappa shape index (κ2) is 11.6. The average molecular weight is 413 g/mol. The van der Waals surface area contributed by atoms with E-state index in [1.54, 1.807) is 42.5 Å². The molecular weight excluding hydrogens is 386 g/mol. The first-order chi connectivity index (χ1) is 14.4. The molecule has 0 aliphatic rings. The van der Waals surface area contributed by atoms with Crippen molar-refractivity contribution in [2.75, 3.05) is 25.1 Å². The Bertz CT molecular complexity index is 893. The Labute approximate surface area is 176 Å². The van der Waals surface area contributed by atoms with Gasteiger partial charge in [-0.3, -0.25) is 9.59 Å². The molecule has 0 radical (unpaired) electrons. The van der Waals surface area contributed by atoms with Crippen LogP contribution in [0.5, 0.6) is 11.5 Å². The minimum absolute atomic E-state index is 0.107. The van der Waals surface area contributed by atoms with Crippen molar-refractivity contribution < 1.29 is 28.6 Å². The molecule has 0 bridgehead atoms. The maximum Gasteiger partial charge on any atom is 0.338 e. The predicted octanol–water partition coefficient (Wildman–Crippen LogP) is 4.26. The lowest BCUT2D eigenvalue weighted by Gasteiger charge is -2.13. The Hall–Kier alpha value is -3.35. The summed E-state index contributed by atoms with van der Waals surface area (Å²) in [6.45, 7) is 5.88. The molecule has 7 nitrogen and oxygen atoms in total. The lowest BCUT2D eigenvalue weighted by molar-refractivity contribution is -0.119. The molecule has 0 aromatic heterocycles. The highest BCUT2D eigenvalue weighted by molar-refractivity contribution is 5.98. The highest BCUT2D eigenvalue weighted by Crippen LogP contribution is 2.29. The number of anilines is 1. The van der Waals surface area contributed by atoms with Gasteiger partial charge in [-0.25, -0.2) is 4.79 Å². The molecule has 0 heterocycles. The number of hydrogen-bond acceptors (Lipinski definition) is 6. The number of carbonyl (C=O) groups is 3. The second-order valence-electron chi connectivity index (χ2n) is 6.56. The van der Waals surface area contributed by atoms with Gasteiger partial charge < -0.3 is 19.5 Å². The molecule has 1 N–H and O–H groups in total. The smallest absolute Gasteiger partial charge is 0.338 e. The maximum atomic E-state index is 12.3. The van der Waals surface area contributed by atoms with E-state index in [1.807, 2.05) is 6.92 Å². The molecule has 30 heavy (non-hydrogen) atoms. The van der Waals surface area contributed by atoms with Gasteiger partial charge in [0.05, 0.1) is 18.8 Å². The van der Waals surface area contributed by atoms with Crippen molar-refractivity contribution in [3.05, 3.63) is 53.6 Å². The number of benzene rings is 2. The summed E-state index contributed by atoms with van der Waals surface area (Å²) in [6.07, 6.45) is 1.93. The molecule has 0 saturated carbocycles. The van der Waals surface area contributed by atoms with Gasteiger partial charge in [0.1, 0.15) is 0 Å². The fourth-order valence-electron chi connectivity index (χ4n) is 2.58. The molecule has 0 atom stereocenters. The van der Waals surface area contributed by atoms with Crippen LogP contribution < -0.4 is 14.8 Å². The lowest BCUT2D eigenvalue weighted by Crippen LogP contribution is -2.21. The third-order valence-electron chi connectivity index (χ3n) is 4.12. The van der Waals surface area contributed by atoms with Gasteiger partial charge in [-0.1, -0.05) is 25.5 Å². The summed E-state index contributed by atoms with van der Waals surface area (Å²) in [5.41, 5.74) is 1.19. The number of rotatable bonds is 11. The Kier molecular flexibility index (Phi) is 8.87. The van der Waals surface area contributed by atoms with Crippen molar-refractivity contribution in [3.8, 4) is 11.5 Å². The summed E-state index contributed by atoms with van der Waals surface area (Å²) in [7, 11) is 0. The number of esters is 1. The molecule has 2 rings (SSSR count). The summed E-state index contributed by atoms with van der Waals surface area (Å²) in [5.74, 6) is -0.249. The first kappa shape index (κ1) is 22.9. The highest BCUT2D eigenvalue weighted by Gasteiger charge is 2.15. The topological polar surface area (TPSA) is 90.9 Å². The zero-order chi connectivity index (χ0) is 21.9. The van der Waals surface area contributed by atoms with Crippen LogP contribution >= 0.6 is 0 Å². The monoisotopic (exact) mass is 413 g/mol. The largest absolute Gasteiger partial charge is 0.490 e. The Balaban J connectivity index is 1.96. The standard InChI is InChI=1S/C23H27NO6/c1-4-6-12-29-20-11-10-18(14-21(20)28-5-2)23(27)30-15-22(26)24-19-9-7-8-17(13-19)16(3)25/h7-11,13-14H,4-6,12,15H2,1-3H3,(H,24,26). The fourth-order valence-corrected chi connectivity index (χ4v) is 2.58. The minimum Gasteiger partial charge on any atom is -0.490 e. The first-order valence-corrected chi connectivity index (χ1v) is 9.92. The van der Waals surface area contributed by atoms with Crippen molar-refractivity contribution >= 4 is 23.3 Å². The summed E-state index contributed by atoms with van der Waals surface area (Å²) in [5, 5.41) is 2.60. The molecule has 2 aromatic carbocycles. The van der Waals surface area contributed by atoms with Crippen molar-refractivity contribution in [2.24, 2.45) is 0 Å². The Morgan fingerprint density at radius 1 is 0.933 bits per heavy atom. The number of ether oxygens (including phenoxy) is 3. The van der Waals surface area contributed by atoms with Crippen LogP contribution in [-0.4, -0.2) is 37.5 Å². The van der Waals surface area contributed by atoms with E-state index >= 15 is 0 Å². The third kappa shape index (κ3) is 6.92. The number of ketones is 1. The van der Waals surface area contributed by atoms with Crippen LogP contribution in [0.3, 0.4) is 0 Å². The van der Waals surface area contributed by atoms with Crippen LogP contribution in [0.15, 0.2) is 42.5 Å².